The zero-order chi connectivity index (χ0) is 22.2. The maximum atomic E-state index is 12.7. The van der Waals surface area contributed by atoms with Crippen LogP contribution in [0.15, 0.2) is 24.3 Å². The fraction of sp³-hybridized carbons (Fsp3) is 0.609. The summed E-state index contributed by atoms with van der Waals surface area (Å²) in [4.78, 5) is 37.3. The summed E-state index contributed by atoms with van der Waals surface area (Å²) in [5.41, 5.74) is 1.92. The van der Waals surface area contributed by atoms with E-state index in [1.165, 1.54) is 5.56 Å². The normalized spacial score (nSPS) is 13.5. The van der Waals surface area contributed by atoms with Crippen LogP contribution < -0.4 is 16.0 Å². The molecular formula is C23H37N3O3. The topological polar surface area (TPSA) is 87.3 Å². The van der Waals surface area contributed by atoms with Gasteiger partial charge in [0.25, 0.3) is 0 Å². The van der Waals surface area contributed by atoms with E-state index in [2.05, 4.69) is 43.6 Å². The minimum Gasteiger partial charge on any atom is -0.344 e. The lowest BCUT2D eigenvalue weighted by molar-refractivity contribution is -0.132. The Hall–Kier alpha value is -2.37. The lowest BCUT2D eigenvalue weighted by Gasteiger charge is -2.25. The Morgan fingerprint density at radius 2 is 1.52 bits per heavy atom. The van der Waals surface area contributed by atoms with Crippen LogP contribution in [0.1, 0.15) is 66.9 Å². The predicted octanol–water partition coefficient (Wildman–Crippen LogP) is 3.66. The summed E-state index contributed by atoms with van der Waals surface area (Å²) < 4.78 is 0. The third-order valence-corrected chi connectivity index (χ3v) is 4.75. The van der Waals surface area contributed by atoms with Crippen molar-refractivity contribution in [2.45, 2.75) is 79.8 Å². The molecule has 0 aliphatic rings. The maximum Gasteiger partial charge on any atom is 0.246 e. The smallest absolute Gasteiger partial charge is 0.246 e. The van der Waals surface area contributed by atoms with E-state index in [1.807, 2.05) is 38.1 Å². The molecular weight excluding hydrogens is 366 g/mol. The molecule has 1 unspecified atom stereocenters. The van der Waals surface area contributed by atoms with E-state index >= 15 is 0 Å². The molecule has 2 atom stereocenters. The van der Waals surface area contributed by atoms with Crippen molar-refractivity contribution in [1.82, 2.24) is 10.6 Å². The third kappa shape index (κ3) is 9.11. The summed E-state index contributed by atoms with van der Waals surface area (Å²) in [6.45, 7) is 13.7. The van der Waals surface area contributed by atoms with Gasteiger partial charge in [0.15, 0.2) is 0 Å². The summed E-state index contributed by atoms with van der Waals surface area (Å²) in [6, 6.07) is 6.21. The van der Waals surface area contributed by atoms with Crippen LogP contribution in [0.4, 0.5) is 5.69 Å². The third-order valence-electron chi connectivity index (χ3n) is 4.75. The van der Waals surface area contributed by atoms with Gasteiger partial charge in [-0.05, 0) is 48.8 Å². The second-order valence-corrected chi connectivity index (χ2v) is 9.12. The van der Waals surface area contributed by atoms with Crippen molar-refractivity contribution in [1.29, 1.82) is 0 Å². The van der Waals surface area contributed by atoms with Crippen LogP contribution in [0.2, 0.25) is 0 Å². The Morgan fingerprint density at radius 1 is 0.931 bits per heavy atom. The molecule has 0 aromatic heterocycles. The first-order valence-corrected chi connectivity index (χ1v) is 10.4. The van der Waals surface area contributed by atoms with Crippen LogP contribution in [0.25, 0.3) is 0 Å². The van der Waals surface area contributed by atoms with E-state index in [9.17, 15) is 14.4 Å². The Morgan fingerprint density at radius 3 is 2.00 bits per heavy atom. The summed E-state index contributed by atoms with van der Waals surface area (Å²) in [5.74, 6) is -0.899. The van der Waals surface area contributed by atoms with Crippen molar-refractivity contribution in [2.24, 2.45) is 11.3 Å². The summed E-state index contributed by atoms with van der Waals surface area (Å²) in [6.07, 6.45) is 2.03. The number of nitrogens with one attached hydrogen (secondary N) is 3. The largest absolute Gasteiger partial charge is 0.344 e. The van der Waals surface area contributed by atoms with Crippen molar-refractivity contribution >= 4 is 23.4 Å². The second-order valence-electron chi connectivity index (χ2n) is 9.12. The van der Waals surface area contributed by atoms with E-state index < -0.39 is 12.1 Å². The minimum absolute atomic E-state index is 0.0505. The number of carbonyl (C=O) groups is 3. The molecule has 0 bridgehead atoms. The van der Waals surface area contributed by atoms with Crippen molar-refractivity contribution in [2.75, 3.05) is 5.32 Å². The van der Waals surface area contributed by atoms with Crippen LogP contribution in [-0.2, 0) is 20.8 Å². The van der Waals surface area contributed by atoms with Gasteiger partial charge in [-0.3, -0.25) is 14.4 Å². The van der Waals surface area contributed by atoms with Crippen LogP contribution >= 0.6 is 0 Å². The van der Waals surface area contributed by atoms with Gasteiger partial charge in [0.1, 0.15) is 12.1 Å². The first-order valence-electron chi connectivity index (χ1n) is 10.4. The number of amides is 3. The summed E-state index contributed by atoms with van der Waals surface area (Å²) in [5, 5.41) is 8.33. The fourth-order valence-electron chi connectivity index (χ4n) is 2.71. The van der Waals surface area contributed by atoms with Gasteiger partial charge in [0, 0.05) is 12.1 Å². The second kappa shape index (κ2) is 11.0. The Balaban J connectivity index is 2.63. The van der Waals surface area contributed by atoms with Crippen LogP contribution in [0.5, 0.6) is 0 Å². The number of carbonyl (C=O) groups excluding carboxylic acids is 3. The Bertz CT molecular complexity index is 690. The molecule has 0 radical (unpaired) electrons. The van der Waals surface area contributed by atoms with E-state index in [-0.39, 0.29) is 29.1 Å². The van der Waals surface area contributed by atoms with Gasteiger partial charge in [-0.25, -0.2) is 0 Å². The molecule has 3 N–H and O–H groups in total. The van der Waals surface area contributed by atoms with E-state index in [0.29, 0.717) is 12.1 Å². The SMILES string of the molecule is CCc1ccc(NC(=O)[C@H](C)NC(=O)C(NC(=O)CCC(C)(C)C)C(C)C)cc1. The summed E-state index contributed by atoms with van der Waals surface area (Å²) in [7, 11) is 0. The molecule has 0 spiro atoms. The molecule has 0 aliphatic heterocycles. The number of benzene rings is 1. The van der Waals surface area contributed by atoms with Gasteiger partial charge in [0.05, 0.1) is 0 Å². The molecule has 1 rings (SSSR count). The average Bonchev–Trinajstić information content (AvgIpc) is 2.64. The van der Waals surface area contributed by atoms with Gasteiger partial charge in [-0.15, -0.1) is 0 Å². The molecule has 0 aliphatic carbocycles. The molecule has 0 saturated carbocycles. The van der Waals surface area contributed by atoms with Crippen LogP contribution in [-0.4, -0.2) is 29.8 Å². The summed E-state index contributed by atoms with van der Waals surface area (Å²) >= 11 is 0. The Labute approximate surface area is 175 Å². The fourth-order valence-corrected chi connectivity index (χ4v) is 2.71. The van der Waals surface area contributed by atoms with Gasteiger partial charge >= 0.3 is 0 Å². The van der Waals surface area contributed by atoms with Gasteiger partial charge in [0.2, 0.25) is 17.7 Å². The van der Waals surface area contributed by atoms with Gasteiger partial charge in [-0.2, -0.15) is 0 Å². The van der Waals surface area contributed by atoms with Gasteiger partial charge < -0.3 is 16.0 Å². The quantitative estimate of drug-likeness (QED) is 0.588. The number of rotatable bonds is 9. The predicted molar refractivity (Wildman–Crippen MR) is 118 cm³/mol. The highest BCUT2D eigenvalue weighted by atomic mass is 16.2. The van der Waals surface area contributed by atoms with Crippen molar-refractivity contribution in [3.8, 4) is 0 Å². The average molecular weight is 404 g/mol. The molecule has 1 aromatic carbocycles. The van der Waals surface area contributed by atoms with Crippen LogP contribution in [0, 0.1) is 11.3 Å². The number of hydrogen-bond donors (Lipinski definition) is 3. The first-order chi connectivity index (χ1) is 13.4. The Kier molecular flexibility index (Phi) is 9.34. The first kappa shape index (κ1) is 24.7. The van der Waals surface area contributed by atoms with Crippen LogP contribution in [0.3, 0.4) is 0 Å². The molecule has 6 heteroatoms. The highest BCUT2D eigenvalue weighted by molar-refractivity contribution is 5.98. The lowest BCUT2D eigenvalue weighted by Crippen LogP contribution is -2.53. The number of anilines is 1. The number of aryl methyl sites for hydroxylation is 1. The highest BCUT2D eigenvalue weighted by Gasteiger charge is 2.27. The molecule has 0 saturated heterocycles. The minimum atomic E-state index is -0.721. The lowest BCUT2D eigenvalue weighted by atomic mass is 9.90. The molecule has 3 amide bonds. The molecule has 162 valence electrons. The standard InChI is InChI=1S/C23H37N3O3/c1-8-17-9-11-18(12-10-17)25-21(28)16(4)24-22(29)20(15(2)3)26-19(27)13-14-23(5,6)7/h9-12,15-16,20H,8,13-14H2,1-7H3,(H,24,29)(H,25,28)(H,26,27)/t16-,20?/m0/s1. The number of hydrogen-bond acceptors (Lipinski definition) is 3. The maximum absolute atomic E-state index is 12.7. The zero-order valence-electron chi connectivity index (χ0n) is 18.9. The molecule has 6 nitrogen and oxygen atoms in total. The molecule has 29 heavy (non-hydrogen) atoms. The zero-order valence-corrected chi connectivity index (χ0v) is 18.9. The van der Waals surface area contributed by atoms with E-state index in [4.69, 9.17) is 0 Å². The molecule has 0 fully saturated rings. The molecule has 1 aromatic rings. The van der Waals surface area contributed by atoms with Crippen molar-refractivity contribution in [3.05, 3.63) is 29.8 Å². The van der Waals surface area contributed by atoms with Crippen molar-refractivity contribution in [3.63, 3.8) is 0 Å². The highest BCUT2D eigenvalue weighted by Crippen LogP contribution is 2.20. The van der Waals surface area contributed by atoms with E-state index in [0.717, 1.165) is 12.8 Å². The van der Waals surface area contributed by atoms with E-state index in [1.54, 1.807) is 6.92 Å². The van der Waals surface area contributed by atoms with Crippen molar-refractivity contribution < 1.29 is 14.4 Å². The van der Waals surface area contributed by atoms with Gasteiger partial charge in [-0.1, -0.05) is 53.7 Å². The monoisotopic (exact) mass is 403 g/mol. The molecule has 0 heterocycles.